The molecule has 0 aliphatic carbocycles. The van der Waals surface area contributed by atoms with Gasteiger partial charge < -0.3 is 15.1 Å². The third-order valence-electron chi connectivity index (χ3n) is 3.82. The normalized spacial score (nSPS) is 14.4. The fourth-order valence-electron chi connectivity index (χ4n) is 2.66. The number of nitrogens with zero attached hydrogens (tertiary/aromatic N) is 6. The van der Waals surface area contributed by atoms with Crippen LogP contribution >= 0.6 is 0 Å². The van der Waals surface area contributed by atoms with Crippen molar-refractivity contribution in [2.24, 2.45) is 0 Å². The molecule has 0 aromatic carbocycles. The minimum Gasteiger partial charge on any atom is -0.370 e. The SMILES string of the molecule is CCNc1ccnc(N2CCN(c3cnccc3C#N)CC2)n1. The van der Waals surface area contributed by atoms with Gasteiger partial charge in [-0.3, -0.25) is 4.98 Å². The summed E-state index contributed by atoms with van der Waals surface area (Å²) in [5.74, 6) is 1.59. The zero-order chi connectivity index (χ0) is 16.1. The fraction of sp³-hybridized carbons (Fsp3) is 0.375. The highest BCUT2D eigenvalue weighted by Crippen LogP contribution is 2.21. The summed E-state index contributed by atoms with van der Waals surface area (Å²) < 4.78 is 0. The number of nitriles is 1. The molecule has 1 N–H and O–H groups in total. The summed E-state index contributed by atoms with van der Waals surface area (Å²) in [5.41, 5.74) is 1.57. The van der Waals surface area contributed by atoms with Crippen LogP contribution in [0, 0.1) is 11.3 Å². The largest absolute Gasteiger partial charge is 0.370 e. The van der Waals surface area contributed by atoms with Crippen LogP contribution in [0.25, 0.3) is 0 Å². The van der Waals surface area contributed by atoms with Gasteiger partial charge >= 0.3 is 0 Å². The van der Waals surface area contributed by atoms with Gasteiger partial charge in [0.05, 0.1) is 17.4 Å². The van der Waals surface area contributed by atoms with Crippen molar-refractivity contribution in [3.8, 4) is 6.07 Å². The molecule has 7 heteroatoms. The molecule has 0 saturated carbocycles. The average molecular weight is 309 g/mol. The molecule has 0 bridgehead atoms. The minimum atomic E-state index is 0.666. The lowest BCUT2D eigenvalue weighted by Crippen LogP contribution is -2.47. The number of nitrogens with one attached hydrogen (secondary N) is 1. The maximum atomic E-state index is 9.22. The first kappa shape index (κ1) is 15.0. The number of hydrogen-bond acceptors (Lipinski definition) is 7. The molecule has 0 unspecified atom stereocenters. The van der Waals surface area contributed by atoms with E-state index in [9.17, 15) is 5.26 Å². The summed E-state index contributed by atoms with van der Waals surface area (Å²) in [4.78, 5) is 17.4. The highest BCUT2D eigenvalue weighted by atomic mass is 15.3. The lowest BCUT2D eigenvalue weighted by molar-refractivity contribution is 0.639. The van der Waals surface area contributed by atoms with Gasteiger partial charge in [-0.05, 0) is 19.1 Å². The number of rotatable bonds is 4. The molecule has 0 amide bonds. The molecular formula is C16H19N7. The van der Waals surface area contributed by atoms with Crippen molar-refractivity contribution in [2.45, 2.75) is 6.92 Å². The van der Waals surface area contributed by atoms with E-state index in [1.165, 1.54) is 0 Å². The molecule has 1 aliphatic rings. The zero-order valence-corrected chi connectivity index (χ0v) is 13.1. The van der Waals surface area contributed by atoms with E-state index in [4.69, 9.17) is 0 Å². The molecule has 3 rings (SSSR count). The molecule has 3 heterocycles. The molecule has 0 radical (unpaired) electrons. The van der Waals surface area contributed by atoms with Gasteiger partial charge in [-0.15, -0.1) is 0 Å². The van der Waals surface area contributed by atoms with Gasteiger partial charge in [0.1, 0.15) is 11.9 Å². The van der Waals surface area contributed by atoms with Crippen molar-refractivity contribution in [1.82, 2.24) is 15.0 Å². The Kier molecular flexibility index (Phi) is 4.52. The monoisotopic (exact) mass is 309 g/mol. The summed E-state index contributed by atoms with van der Waals surface area (Å²) in [5, 5.41) is 12.4. The molecule has 2 aromatic rings. The fourth-order valence-corrected chi connectivity index (χ4v) is 2.66. The smallest absolute Gasteiger partial charge is 0.227 e. The van der Waals surface area contributed by atoms with Gasteiger partial charge in [-0.25, -0.2) is 4.98 Å². The van der Waals surface area contributed by atoms with Crippen LogP contribution in [0.4, 0.5) is 17.5 Å². The third kappa shape index (κ3) is 3.31. The maximum absolute atomic E-state index is 9.22. The van der Waals surface area contributed by atoms with Crippen LogP contribution in [0.3, 0.4) is 0 Å². The third-order valence-corrected chi connectivity index (χ3v) is 3.82. The van der Waals surface area contributed by atoms with Crippen LogP contribution in [0.1, 0.15) is 12.5 Å². The summed E-state index contributed by atoms with van der Waals surface area (Å²) in [6.07, 6.45) is 5.19. The maximum Gasteiger partial charge on any atom is 0.227 e. The van der Waals surface area contributed by atoms with Crippen molar-refractivity contribution in [3.05, 3.63) is 36.3 Å². The van der Waals surface area contributed by atoms with Gasteiger partial charge in [-0.2, -0.15) is 10.2 Å². The number of hydrogen-bond donors (Lipinski definition) is 1. The lowest BCUT2D eigenvalue weighted by atomic mass is 10.2. The quantitative estimate of drug-likeness (QED) is 0.916. The average Bonchev–Trinajstić information content (AvgIpc) is 2.62. The molecule has 1 aliphatic heterocycles. The predicted octanol–water partition coefficient (Wildman–Crippen LogP) is 1.50. The van der Waals surface area contributed by atoms with Crippen molar-refractivity contribution >= 4 is 17.5 Å². The second-order valence-electron chi connectivity index (χ2n) is 5.25. The van der Waals surface area contributed by atoms with Crippen molar-refractivity contribution in [3.63, 3.8) is 0 Å². The second-order valence-corrected chi connectivity index (χ2v) is 5.25. The van der Waals surface area contributed by atoms with Crippen LogP contribution in [0.15, 0.2) is 30.7 Å². The van der Waals surface area contributed by atoms with Gasteiger partial charge in [-0.1, -0.05) is 0 Å². The van der Waals surface area contributed by atoms with Gasteiger partial charge in [0, 0.05) is 45.1 Å². The van der Waals surface area contributed by atoms with Crippen LogP contribution < -0.4 is 15.1 Å². The number of pyridine rings is 1. The van der Waals surface area contributed by atoms with E-state index < -0.39 is 0 Å². The molecule has 7 nitrogen and oxygen atoms in total. The van der Waals surface area contributed by atoms with Crippen LogP contribution in [0.2, 0.25) is 0 Å². The standard InChI is InChI=1S/C16H19N7/c1-2-19-15-4-6-20-16(21-15)23-9-7-22(8-10-23)14-12-18-5-3-13(14)11-17/h3-6,12H,2,7-10H2,1H3,(H,19,20,21). The van der Waals surface area contributed by atoms with Crippen LogP contribution in [0.5, 0.6) is 0 Å². The Morgan fingerprint density at radius 2 is 1.96 bits per heavy atom. The van der Waals surface area contributed by atoms with E-state index in [-0.39, 0.29) is 0 Å². The Morgan fingerprint density at radius 3 is 2.70 bits per heavy atom. The zero-order valence-electron chi connectivity index (χ0n) is 13.1. The first-order valence-electron chi connectivity index (χ1n) is 7.72. The second kappa shape index (κ2) is 6.92. The summed E-state index contributed by atoms with van der Waals surface area (Å²) in [6, 6.07) is 5.86. The first-order chi connectivity index (χ1) is 11.3. The van der Waals surface area contributed by atoms with Gasteiger partial charge in [0.2, 0.25) is 5.95 Å². The summed E-state index contributed by atoms with van der Waals surface area (Å²) in [6.45, 7) is 6.14. The first-order valence-corrected chi connectivity index (χ1v) is 7.72. The van der Waals surface area contributed by atoms with E-state index in [2.05, 4.69) is 36.1 Å². The van der Waals surface area contributed by atoms with E-state index in [0.717, 1.165) is 50.2 Å². The topological polar surface area (TPSA) is 81.0 Å². The van der Waals surface area contributed by atoms with Crippen molar-refractivity contribution in [2.75, 3.05) is 47.8 Å². The molecule has 0 atom stereocenters. The van der Waals surface area contributed by atoms with E-state index in [0.29, 0.717) is 5.56 Å². The molecule has 23 heavy (non-hydrogen) atoms. The number of piperazine rings is 1. The molecule has 0 spiro atoms. The lowest BCUT2D eigenvalue weighted by Gasteiger charge is -2.36. The predicted molar refractivity (Wildman–Crippen MR) is 89.6 cm³/mol. The van der Waals surface area contributed by atoms with E-state index >= 15 is 0 Å². The molecule has 118 valence electrons. The van der Waals surface area contributed by atoms with Crippen LogP contribution in [-0.2, 0) is 0 Å². The van der Waals surface area contributed by atoms with E-state index in [1.807, 2.05) is 13.0 Å². The molecule has 1 fully saturated rings. The van der Waals surface area contributed by atoms with Crippen molar-refractivity contribution in [1.29, 1.82) is 5.26 Å². The Hall–Kier alpha value is -2.88. The minimum absolute atomic E-state index is 0.666. The molecular weight excluding hydrogens is 290 g/mol. The number of anilines is 3. The highest BCUT2D eigenvalue weighted by Gasteiger charge is 2.21. The summed E-state index contributed by atoms with van der Waals surface area (Å²) in [7, 11) is 0. The van der Waals surface area contributed by atoms with Gasteiger partial charge in [0.25, 0.3) is 0 Å². The summed E-state index contributed by atoms with van der Waals surface area (Å²) >= 11 is 0. The molecule has 2 aromatic heterocycles. The Bertz CT molecular complexity index is 702. The van der Waals surface area contributed by atoms with Gasteiger partial charge in [0.15, 0.2) is 0 Å². The molecule has 1 saturated heterocycles. The van der Waals surface area contributed by atoms with Crippen molar-refractivity contribution < 1.29 is 0 Å². The van der Waals surface area contributed by atoms with E-state index in [1.54, 1.807) is 24.7 Å². The Morgan fingerprint density at radius 1 is 1.17 bits per heavy atom. The van der Waals surface area contributed by atoms with Crippen LogP contribution in [-0.4, -0.2) is 47.7 Å². The number of aromatic nitrogens is 3. The Balaban J connectivity index is 1.69. The highest BCUT2D eigenvalue weighted by molar-refractivity contribution is 5.58. The Labute approximate surface area is 135 Å².